The zero-order chi connectivity index (χ0) is 20.7. The molecule has 0 saturated carbocycles. The topological polar surface area (TPSA) is 73.8 Å². The van der Waals surface area contributed by atoms with Crippen molar-refractivity contribution in [2.24, 2.45) is 10.1 Å². The Kier molecular flexibility index (Phi) is 4.59. The quantitative estimate of drug-likeness (QED) is 0.608. The molecule has 2 aliphatic heterocycles. The van der Waals surface area contributed by atoms with E-state index in [1.165, 1.54) is 22.2 Å². The van der Waals surface area contributed by atoms with E-state index in [4.69, 9.17) is 5.41 Å². The Labute approximate surface area is 178 Å². The molecule has 0 aliphatic carbocycles. The second-order valence-corrected chi connectivity index (χ2v) is 8.14. The number of nitrogens with one attached hydrogen (secondary N) is 1. The van der Waals surface area contributed by atoms with Crippen LogP contribution in [0.2, 0.25) is 0 Å². The van der Waals surface area contributed by atoms with Crippen molar-refractivity contribution < 1.29 is 4.79 Å². The minimum atomic E-state index is -0.405. The fraction of sp³-hybridized carbons (Fsp3) is 0.130. The van der Waals surface area contributed by atoms with Gasteiger partial charge in [-0.3, -0.25) is 10.2 Å². The van der Waals surface area contributed by atoms with E-state index in [0.717, 1.165) is 34.7 Å². The summed E-state index contributed by atoms with van der Waals surface area (Å²) in [5.74, 6) is -0.340. The number of benzene rings is 2. The predicted molar refractivity (Wildman–Crippen MR) is 123 cm³/mol. The highest BCUT2D eigenvalue weighted by atomic mass is 32.2. The molecule has 2 aromatic carbocycles. The van der Waals surface area contributed by atoms with Gasteiger partial charge < -0.3 is 4.57 Å². The van der Waals surface area contributed by atoms with Crippen molar-refractivity contribution in [1.82, 2.24) is 9.58 Å². The molecule has 148 valence electrons. The summed E-state index contributed by atoms with van der Waals surface area (Å²) in [6.07, 6.45) is 5.44. The molecule has 5 rings (SSSR count). The van der Waals surface area contributed by atoms with Crippen molar-refractivity contribution in [3.05, 3.63) is 72.1 Å². The number of carbonyl (C=O) groups is 1. The molecule has 0 bridgehead atoms. The van der Waals surface area contributed by atoms with Gasteiger partial charge in [-0.15, -0.1) is 0 Å². The van der Waals surface area contributed by atoms with Crippen LogP contribution in [0.1, 0.15) is 25.5 Å². The van der Waals surface area contributed by atoms with Crippen LogP contribution >= 0.6 is 11.8 Å². The minimum Gasteiger partial charge on any atom is -0.317 e. The lowest BCUT2D eigenvalue weighted by atomic mass is 10.1. The van der Waals surface area contributed by atoms with Crippen LogP contribution in [0.4, 0.5) is 0 Å². The zero-order valence-electron chi connectivity index (χ0n) is 16.4. The van der Waals surface area contributed by atoms with Crippen LogP contribution in [-0.2, 0) is 4.79 Å². The van der Waals surface area contributed by atoms with E-state index in [9.17, 15) is 4.79 Å². The summed E-state index contributed by atoms with van der Waals surface area (Å²) in [4.78, 5) is 16.8. The van der Waals surface area contributed by atoms with E-state index in [-0.39, 0.29) is 11.4 Å². The number of thioether (sulfide) groups is 1. The fourth-order valence-corrected chi connectivity index (χ4v) is 4.55. The Morgan fingerprint density at radius 2 is 1.93 bits per heavy atom. The smallest absolute Gasteiger partial charge is 0.283 e. The average Bonchev–Trinajstić information content (AvgIpc) is 3.38. The van der Waals surface area contributed by atoms with Gasteiger partial charge in [-0.25, -0.2) is 0 Å². The molecule has 3 heterocycles. The number of hydrazone groups is 1. The van der Waals surface area contributed by atoms with E-state index >= 15 is 0 Å². The third-order valence-electron chi connectivity index (χ3n) is 5.04. The summed E-state index contributed by atoms with van der Waals surface area (Å²) in [5.41, 5.74) is 2.03. The van der Waals surface area contributed by atoms with Crippen LogP contribution in [0.25, 0.3) is 22.5 Å². The van der Waals surface area contributed by atoms with Crippen LogP contribution in [0.5, 0.6) is 0 Å². The van der Waals surface area contributed by atoms with E-state index in [1.807, 2.05) is 41.1 Å². The maximum atomic E-state index is 12.7. The second-order valence-electron chi connectivity index (χ2n) is 7.10. The molecule has 30 heavy (non-hydrogen) atoms. The van der Waals surface area contributed by atoms with Crippen LogP contribution in [0.15, 0.2) is 76.5 Å². The van der Waals surface area contributed by atoms with Gasteiger partial charge in [-0.2, -0.15) is 15.1 Å². The summed E-state index contributed by atoms with van der Waals surface area (Å²) >= 11 is 1.37. The van der Waals surface area contributed by atoms with Crippen molar-refractivity contribution in [2.45, 2.75) is 19.8 Å². The monoisotopic (exact) mass is 413 g/mol. The Morgan fingerprint density at radius 1 is 1.10 bits per heavy atom. The normalized spacial score (nSPS) is 17.5. The molecule has 1 aromatic heterocycles. The summed E-state index contributed by atoms with van der Waals surface area (Å²) in [7, 11) is 0. The lowest BCUT2D eigenvalue weighted by Crippen LogP contribution is -2.35. The average molecular weight is 414 g/mol. The van der Waals surface area contributed by atoms with Gasteiger partial charge >= 0.3 is 0 Å². The molecule has 1 N–H and O–H groups in total. The predicted octanol–water partition coefficient (Wildman–Crippen LogP) is 5.05. The van der Waals surface area contributed by atoms with Gasteiger partial charge in [-0.1, -0.05) is 37.3 Å². The summed E-state index contributed by atoms with van der Waals surface area (Å²) < 4.78 is 2.00. The van der Waals surface area contributed by atoms with Crippen LogP contribution in [0, 0.1) is 5.41 Å². The molecule has 0 spiro atoms. The molecule has 2 aliphatic rings. The number of carbonyl (C=O) groups excluding carboxylic acids is 1. The van der Waals surface area contributed by atoms with E-state index in [2.05, 4.69) is 41.3 Å². The number of nitrogens with zero attached hydrogens (tertiary/aromatic N) is 4. The van der Waals surface area contributed by atoms with Crippen LogP contribution in [0.3, 0.4) is 0 Å². The summed E-state index contributed by atoms with van der Waals surface area (Å²) in [6, 6.07) is 18.3. The van der Waals surface area contributed by atoms with Gasteiger partial charge in [-0.05, 0) is 65.7 Å². The molecule has 3 aromatic rings. The number of fused-ring (bicyclic) bond motifs is 2. The Morgan fingerprint density at radius 3 is 2.77 bits per heavy atom. The molecule has 0 saturated heterocycles. The highest BCUT2D eigenvalue weighted by molar-refractivity contribution is 8.26. The van der Waals surface area contributed by atoms with E-state index < -0.39 is 5.91 Å². The van der Waals surface area contributed by atoms with Gasteiger partial charge in [0.15, 0.2) is 5.84 Å². The molecule has 0 atom stereocenters. The molecule has 1 amide bonds. The largest absolute Gasteiger partial charge is 0.317 e. The first-order valence-electron chi connectivity index (χ1n) is 9.79. The third-order valence-corrected chi connectivity index (χ3v) is 6.01. The van der Waals surface area contributed by atoms with Crippen molar-refractivity contribution in [1.29, 1.82) is 5.41 Å². The van der Waals surface area contributed by atoms with Gasteiger partial charge in [0.25, 0.3) is 5.91 Å². The first-order chi connectivity index (χ1) is 14.6. The molecule has 7 heteroatoms. The number of hydrogen-bond donors (Lipinski definition) is 1. The van der Waals surface area contributed by atoms with Crippen molar-refractivity contribution in [3.8, 4) is 5.69 Å². The Balaban J connectivity index is 1.53. The second kappa shape index (κ2) is 7.42. The standard InChI is InChI=1S/C23H19N5OS/c1-2-6-20-26-28-21(24)19(22(29)25-23(28)30-20)14-17-9-5-12-27(17)18-11-10-15-7-3-4-8-16(15)13-18/h3-5,7-14,24H,2,6H2,1H3/b19-14+,24-21?. The molecule has 0 fully saturated rings. The van der Waals surface area contributed by atoms with Crippen molar-refractivity contribution in [2.75, 3.05) is 0 Å². The van der Waals surface area contributed by atoms with Gasteiger partial charge in [0, 0.05) is 17.6 Å². The van der Waals surface area contributed by atoms with Gasteiger partial charge in [0.1, 0.15) is 5.04 Å². The molecular formula is C23H19N5OS. The Hall–Kier alpha value is -3.45. The first-order valence-corrected chi connectivity index (χ1v) is 10.6. The maximum Gasteiger partial charge on any atom is 0.283 e. The third kappa shape index (κ3) is 3.17. The van der Waals surface area contributed by atoms with E-state index in [0.29, 0.717) is 5.17 Å². The van der Waals surface area contributed by atoms with Gasteiger partial charge in [0.2, 0.25) is 5.17 Å². The number of amides is 1. The first kappa shape index (κ1) is 18.6. The summed E-state index contributed by atoms with van der Waals surface area (Å²) in [5, 5.41) is 18.1. The molecular weight excluding hydrogens is 394 g/mol. The molecule has 0 unspecified atom stereocenters. The fourth-order valence-electron chi connectivity index (χ4n) is 3.57. The number of aromatic nitrogens is 1. The highest BCUT2D eigenvalue weighted by Crippen LogP contribution is 2.30. The number of amidine groups is 2. The van der Waals surface area contributed by atoms with Crippen molar-refractivity contribution >= 4 is 50.6 Å². The van der Waals surface area contributed by atoms with E-state index in [1.54, 1.807) is 6.08 Å². The molecule has 6 nitrogen and oxygen atoms in total. The van der Waals surface area contributed by atoms with Crippen LogP contribution in [-0.4, -0.2) is 31.5 Å². The lowest BCUT2D eigenvalue weighted by Gasteiger charge is -2.20. The number of aliphatic imine (C=N–C) groups is 1. The highest BCUT2D eigenvalue weighted by Gasteiger charge is 2.35. The van der Waals surface area contributed by atoms with Crippen molar-refractivity contribution in [3.63, 3.8) is 0 Å². The van der Waals surface area contributed by atoms with Crippen LogP contribution < -0.4 is 0 Å². The minimum absolute atomic E-state index is 0.0647. The number of hydrogen-bond acceptors (Lipinski definition) is 4. The SMILES string of the molecule is CCCC1=NN2C(=N)/C(=C\c3cccn3-c3ccc4ccccc4c3)C(=O)N=C2S1. The van der Waals surface area contributed by atoms with Gasteiger partial charge in [0.05, 0.1) is 5.57 Å². The molecule has 0 radical (unpaired) electrons. The Bertz CT molecular complexity index is 1280. The number of rotatable bonds is 4. The summed E-state index contributed by atoms with van der Waals surface area (Å²) in [6.45, 7) is 2.07. The lowest BCUT2D eigenvalue weighted by molar-refractivity contribution is -0.114. The zero-order valence-corrected chi connectivity index (χ0v) is 17.2. The maximum absolute atomic E-state index is 12.7.